The number of hydrogen-bond acceptors (Lipinski definition) is 2. The van der Waals surface area contributed by atoms with Crippen LogP contribution in [0.5, 0.6) is 0 Å². The Labute approximate surface area is 110 Å². The van der Waals surface area contributed by atoms with Gasteiger partial charge in [0.25, 0.3) is 0 Å². The Morgan fingerprint density at radius 1 is 1.44 bits per heavy atom. The second-order valence-corrected chi connectivity index (χ2v) is 6.67. The molecular formula is C14H27N3O. The fraction of sp³-hybridized carbons (Fsp3) is 0.929. The van der Waals surface area contributed by atoms with E-state index in [1.807, 2.05) is 0 Å². The van der Waals surface area contributed by atoms with Crippen LogP contribution < -0.4 is 11.1 Å². The molecule has 0 aromatic carbocycles. The van der Waals surface area contributed by atoms with Crippen molar-refractivity contribution in [2.45, 2.75) is 71.1 Å². The molecule has 2 rings (SSSR count). The van der Waals surface area contributed by atoms with Gasteiger partial charge in [0.1, 0.15) is 0 Å². The maximum Gasteiger partial charge on any atom is 0.189 e. The van der Waals surface area contributed by atoms with Crippen molar-refractivity contribution in [3.63, 3.8) is 0 Å². The topological polar surface area (TPSA) is 59.6 Å². The highest BCUT2D eigenvalue weighted by molar-refractivity contribution is 5.78. The summed E-state index contributed by atoms with van der Waals surface area (Å²) < 4.78 is 5.82. The Morgan fingerprint density at radius 3 is 2.56 bits per heavy atom. The predicted molar refractivity (Wildman–Crippen MR) is 74.6 cm³/mol. The monoisotopic (exact) mass is 253 g/mol. The van der Waals surface area contributed by atoms with Gasteiger partial charge in [-0.25, -0.2) is 4.99 Å². The molecule has 0 heterocycles. The van der Waals surface area contributed by atoms with Crippen LogP contribution in [0, 0.1) is 5.41 Å². The zero-order valence-electron chi connectivity index (χ0n) is 12.1. The van der Waals surface area contributed by atoms with Gasteiger partial charge in [-0.1, -0.05) is 6.42 Å². The van der Waals surface area contributed by atoms with Crippen molar-refractivity contribution in [3.8, 4) is 0 Å². The predicted octanol–water partition coefficient (Wildman–Crippen LogP) is 2.04. The van der Waals surface area contributed by atoms with Gasteiger partial charge in [-0.15, -0.1) is 0 Å². The molecule has 2 saturated carbocycles. The number of nitrogens with two attached hydrogens (primary N) is 1. The molecular weight excluding hydrogens is 226 g/mol. The minimum Gasteiger partial charge on any atom is -0.378 e. The number of nitrogens with one attached hydrogen (secondary N) is 1. The highest BCUT2D eigenvalue weighted by atomic mass is 16.5. The molecule has 2 aliphatic carbocycles. The Morgan fingerprint density at radius 2 is 2.11 bits per heavy atom. The van der Waals surface area contributed by atoms with Crippen molar-refractivity contribution in [2.75, 3.05) is 6.61 Å². The van der Waals surface area contributed by atoms with E-state index in [9.17, 15) is 0 Å². The molecule has 0 aromatic rings. The molecule has 3 N–H and O–H groups in total. The number of guanidine groups is 1. The van der Waals surface area contributed by atoms with E-state index in [0.717, 1.165) is 13.0 Å². The Bertz CT molecular complexity index is 328. The highest BCUT2D eigenvalue weighted by Crippen LogP contribution is 2.58. The van der Waals surface area contributed by atoms with E-state index >= 15 is 0 Å². The summed E-state index contributed by atoms with van der Waals surface area (Å²) in [6.45, 7) is 9.16. The summed E-state index contributed by atoms with van der Waals surface area (Å²) in [4.78, 5) is 4.68. The smallest absolute Gasteiger partial charge is 0.189 e. The van der Waals surface area contributed by atoms with Crippen molar-refractivity contribution in [1.82, 2.24) is 5.32 Å². The first-order chi connectivity index (χ1) is 8.37. The van der Waals surface area contributed by atoms with E-state index in [1.54, 1.807) is 0 Å². The van der Waals surface area contributed by atoms with Crippen molar-refractivity contribution in [1.29, 1.82) is 0 Å². The van der Waals surface area contributed by atoms with E-state index in [-0.39, 0.29) is 5.54 Å². The minimum absolute atomic E-state index is 0.0244. The van der Waals surface area contributed by atoms with Crippen LogP contribution in [0.3, 0.4) is 0 Å². The summed E-state index contributed by atoms with van der Waals surface area (Å²) >= 11 is 0. The molecule has 2 aliphatic rings. The first-order valence-corrected chi connectivity index (χ1v) is 7.10. The van der Waals surface area contributed by atoms with Crippen molar-refractivity contribution in [3.05, 3.63) is 0 Å². The Balaban J connectivity index is 1.97. The Kier molecular flexibility index (Phi) is 3.58. The third-order valence-corrected chi connectivity index (χ3v) is 4.19. The quantitative estimate of drug-likeness (QED) is 0.597. The molecule has 2 unspecified atom stereocenters. The molecule has 2 atom stereocenters. The molecule has 2 fully saturated rings. The molecule has 4 heteroatoms. The molecule has 1 spiro atoms. The van der Waals surface area contributed by atoms with Crippen LogP contribution in [-0.4, -0.2) is 30.3 Å². The molecule has 0 bridgehead atoms. The second-order valence-electron chi connectivity index (χ2n) is 6.67. The van der Waals surface area contributed by atoms with Crippen molar-refractivity contribution < 1.29 is 4.74 Å². The number of aliphatic imine (C=N–C) groups is 1. The van der Waals surface area contributed by atoms with Crippen molar-refractivity contribution in [2.24, 2.45) is 16.1 Å². The van der Waals surface area contributed by atoms with E-state index in [2.05, 4.69) is 38.0 Å². The minimum atomic E-state index is -0.0244. The third kappa shape index (κ3) is 2.48. The molecule has 0 amide bonds. The van der Waals surface area contributed by atoms with Crippen LogP contribution in [0.15, 0.2) is 4.99 Å². The number of hydrogen-bond donors (Lipinski definition) is 2. The zero-order valence-corrected chi connectivity index (χ0v) is 12.1. The molecule has 104 valence electrons. The maximum atomic E-state index is 5.99. The van der Waals surface area contributed by atoms with Crippen molar-refractivity contribution >= 4 is 5.96 Å². The SMILES string of the molecule is CCOC1CC(N=C(N)NC(C)(C)C)C12CCC2. The van der Waals surface area contributed by atoms with Crippen LogP contribution in [0.1, 0.15) is 53.4 Å². The van der Waals surface area contributed by atoms with Gasteiger partial charge in [-0.05, 0) is 47.0 Å². The zero-order chi connectivity index (χ0) is 13.4. The lowest BCUT2D eigenvalue weighted by Crippen LogP contribution is -2.62. The van der Waals surface area contributed by atoms with Crippen LogP contribution in [0.4, 0.5) is 0 Å². The largest absolute Gasteiger partial charge is 0.378 e. The molecule has 0 saturated heterocycles. The van der Waals surface area contributed by atoms with E-state index in [4.69, 9.17) is 10.5 Å². The summed E-state index contributed by atoms with van der Waals surface area (Å²) in [5.74, 6) is 0.578. The van der Waals surface area contributed by atoms with Crippen LogP contribution >= 0.6 is 0 Å². The first kappa shape index (κ1) is 13.7. The molecule has 0 radical (unpaired) electrons. The fourth-order valence-electron chi connectivity index (χ4n) is 3.17. The summed E-state index contributed by atoms with van der Waals surface area (Å²) in [5, 5.41) is 3.24. The highest BCUT2D eigenvalue weighted by Gasteiger charge is 2.59. The third-order valence-electron chi connectivity index (χ3n) is 4.19. The first-order valence-electron chi connectivity index (χ1n) is 7.10. The molecule has 18 heavy (non-hydrogen) atoms. The molecule has 0 aliphatic heterocycles. The lowest BCUT2D eigenvalue weighted by atomic mass is 9.51. The lowest BCUT2D eigenvalue weighted by molar-refractivity contribution is -0.162. The van der Waals surface area contributed by atoms with E-state index in [1.165, 1.54) is 19.3 Å². The molecule has 0 aromatic heterocycles. The maximum absolute atomic E-state index is 5.99. The number of ether oxygens (including phenoxy) is 1. The van der Waals surface area contributed by atoms with Gasteiger partial charge in [0.05, 0.1) is 12.1 Å². The normalized spacial score (nSPS) is 30.8. The molecule has 4 nitrogen and oxygen atoms in total. The standard InChI is InChI=1S/C14H27N3O/c1-5-18-11-9-10(14(11)7-6-8-14)16-12(15)17-13(2,3)4/h10-11H,5-9H2,1-4H3,(H3,15,16,17). The van der Waals surface area contributed by atoms with Crippen LogP contribution in [0.25, 0.3) is 0 Å². The second kappa shape index (κ2) is 4.72. The number of nitrogens with zero attached hydrogens (tertiary/aromatic N) is 1. The van der Waals surface area contributed by atoms with Gasteiger partial charge in [-0.2, -0.15) is 0 Å². The summed E-state index contributed by atoms with van der Waals surface area (Å²) in [6, 6.07) is 0.359. The summed E-state index contributed by atoms with van der Waals surface area (Å²) in [6.07, 6.45) is 5.23. The van der Waals surface area contributed by atoms with E-state index < -0.39 is 0 Å². The summed E-state index contributed by atoms with van der Waals surface area (Å²) in [7, 11) is 0. The van der Waals surface area contributed by atoms with Crippen LogP contribution in [-0.2, 0) is 4.74 Å². The average molecular weight is 253 g/mol. The summed E-state index contributed by atoms with van der Waals surface area (Å²) in [5.41, 5.74) is 6.27. The van der Waals surface area contributed by atoms with E-state index in [0.29, 0.717) is 23.5 Å². The lowest BCUT2D eigenvalue weighted by Gasteiger charge is -2.59. The van der Waals surface area contributed by atoms with Gasteiger partial charge in [-0.3, -0.25) is 0 Å². The Hall–Kier alpha value is -0.770. The van der Waals surface area contributed by atoms with Gasteiger partial charge in [0.2, 0.25) is 0 Å². The number of rotatable bonds is 3. The van der Waals surface area contributed by atoms with Gasteiger partial charge >= 0.3 is 0 Å². The van der Waals surface area contributed by atoms with Gasteiger partial charge in [0.15, 0.2) is 5.96 Å². The van der Waals surface area contributed by atoms with Gasteiger partial charge < -0.3 is 15.8 Å². The average Bonchev–Trinajstić information content (AvgIpc) is 2.10. The fourth-order valence-corrected chi connectivity index (χ4v) is 3.17. The van der Waals surface area contributed by atoms with Gasteiger partial charge in [0, 0.05) is 17.6 Å². The van der Waals surface area contributed by atoms with Crippen LogP contribution in [0.2, 0.25) is 0 Å².